The van der Waals surface area contributed by atoms with E-state index in [-0.39, 0.29) is 17.7 Å². The van der Waals surface area contributed by atoms with Crippen molar-refractivity contribution >= 4 is 12.0 Å². The molecular formula is C13H24N2O3. The van der Waals surface area contributed by atoms with Gasteiger partial charge in [0.15, 0.2) is 0 Å². The summed E-state index contributed by atoms with van der Waals surface area (Å²) in [6.45, 7) is 8.75. The molecule has 1 rings (SSSR count). The second-order valence-corrected chi connectivity index (χ2v) is 5.74. The summed E-state index contributed by atoms with van der Waals surface area (Å²) >= 11 is 0. The van der Waals surface area contributed by atoms with Gasteiger partial charge in [0.25, 0.3) is 0 Å². The number of rotatable bonds is 4. The van der Waals surface area contributed by atoms with Crippen LogP contribution in [0, 0.1) is 11.8 Å². The van der Waals surface area contributed by atoms with Crippen molar-refractivity contribution < 1.29 is 14.3 Å². The highest BCUT2D eigenvalue weighted by molar-refractivity contribution is 5.81. The fraction of sp³-hybridized carbons (Fsp3) is 0.846. The number of hydrogen-bond acceptors (Lipinski definition) is 3. The van der Waals surface area contributed by atoms with E-state index in [9.17, 15) is 9.59 Å². The monoisotopic (exact) mass is 256 g/mol. The van der Waals surface area contributed by atoms with E-state index < -0.39 is 11.7 Å². The molecule has 0 aliphatic carbocycles. The van der Waals surface area contributed by atoms with Crippen molar-refractivity contribution in [3.63, 3.8) is 0 Å². The molecular weight excluding hydrogens is 232 g/mol. The van der Waals surface area contributed by atoms with E-state index in [1.165, 1.54) is 0 Å². The molecule has 0 saturated carbocycles. The van der Waals surface area contributed by atoms with Crippen LogP contribution in [0.5, 0.6) is 0 Å². The van der Waals surface area contributed by atoms with Gasteiger partial charge < -0.3 is 15.4 Å². The molecule has 18 heavy (non-hydrogen) atoms. The lowest BCUT2D eigenvalue weighted by Crippen LogP contribution is -2.38. The van der Waals surface area contributed by atoms with Gasteiger partial charge in [-0.05, 0) is 33.1 Å². The second-order valence-electron chi connectivity index (χ2n) is 5.74. The molecule has 0 aromatic carbocycles. The summed E-state index contributed by atoms with van der Waals surface area (Å²) in [5.74, 6) is 0.304. The summed E-state index contributed by atoms with van der Waals surface area (Å²) in [6.07, 6.45) is 1.31. The fourth-order valence-corrected chi connectivity index (χ4v) is 2.16. The SMILES string of the molecule is CC[C@H](CNC(=O)OC(C)(C)C)[C@H]1CCNC1=O. The van der Waals surface area contributed by atoms with Crippen LogP contribution in [0.4, 0.5) is 4.79 Å². The summed E-state index contributed by atoms with van der Waals surface area (Å²) in [7, 11) is 0. The number of ether oxygens (including phenoxy) is 1. The number of amides is 2. The predicted octanol–water partition coefficient (Wildman–Crippen LogP) is 1.67. The molecule has 2 atom stereocenters. The minimum absolute atomic E-state index is 0.0185. The lowest BCUT2D eigenvalue weighted by Gasteiger charge is -2.23. The molecule has 5 nitrogen and oxygen atoms in total. The third-order valence-electron chi connectivity index (χ3n) is 3.09. The number of carbonyl (C=O) groups excluding carboxylic acids is 2. The van der Waals surface area contributed by atoms with Crippen LogP contribution in [0.2, 0.25) is 0 Å². The maximum Gasteiger partial charge on any atom is 0.407 e. The first-order valence-electron chi connectivity index (χ1n) is 6.58. The van der Waals surface area contributed by atoms with Crippen LogP contribution in [0.3, 0.4) is 0 Å². The molecule has 1 aliphatic rings. The topological polar surface area (TPSA) is 67.4 Å². The zero-order valence-corrected chi connectivity index (χ0v) is 11.7. The number of carbonyl (C=O) groups is 2. The van der Waals surface area contributed by atoms with Gasteiger partial charge >= 0.3 is 6.09 Å². The highest BCUT2D eigenvalue weighted by Crippen LogP contribution is 2.22. The predicted molar refractivity (Wildman–Crippen MR) is 69.1 cm³/mol. The van der Waals surface area contributed by atoms with E-state index in [1.54, 1.807) is 0 Å². The molecule has 0 spiro atoms. The Morgan fingerprint density at radius 3 is 2.67 bits per heavy atom. The highest BCUT2D eigenvalue weighted by Gasteiger charge is 2.31. The summed E-state index contributed by atoms with van der Waals surface area (Å²) < 4.78 is 5.17. The van der Waals surface area contributed by atoms with Crippen molar-refractivity contribution in [2.45, 2.75) is 46.1 Å². The van der Waals surface area contributed by atoms with E-state index in [0.717, 1.165) is 19.4 Å². The molecule has 1 fully saturated rings. The molecule has 0 radical (unpaired) electrons. The molecule has 0 bridgehead atoms. The minimum Gasteiger partial charge on any atom is -0.444 e. The number of hydrogen-bond donors (Lipinski definition) is 2. The Bertz CT molecular complexity index is 310. The third-order valence-corrected chi connectivity index (χ3v) is 3.09. The summed E-state index contributed by atoms with van der Waals surface area (Å²) in [5.41, 5.74) is -0.490. The van der Waals surface area contributed by atoms with Crippen molar-refractivity contribution in [1.82, 2.24) is 10.6 Å². The molecule has 0 aromatic heterocycles. The van der Waals surface area contributed by atoms with E-state index >= 15 is 0 Å². The van der Waals surface area contributed by atoms with Crippen LogP contribution >= 0.6 is 0 Å². The third kappa shape index (κ3) is 4.55. The van der Waals surface area contributed by atoms with Crippen molar-refractivity contribution in [1.29, 1.82) is 0 Å². The Labute approximate surface area is 109 Å². The van der Waals surface area contributed by atoms with Gasteiger partial charge in [0, 0.05) is 19.0 Å². The van der Waals surface area contributed by atoms with E-state index in [4.69, 9.17) is 4.74 Å². The first-order valence-corrected chi connectivity index (χ1v) is 6.58. The van der Waals surface area contributed by atoms with Crippen LogP contribution in [-0.4, -0.2) is 30.7 Å². The first kappa shape index (κ1) is 14.8. The van der Waals surface area contributed by atoms with Gasteiger partial charge in [-0.15, -0.1) is 0 Å². The highest BCUT2D eigenvalue weighted by atomic mass is 16.6. The van der Waals surface area contributed by atoms with Crippen LogP contribution in [-0.2, 0) is 9.53 Å². The second kappa shape index (κ2) is 6.07. The quantitative estimate of drug-likeness (QED) is 0.804. The lowest BCUT2D eigenvalue weighted by molar-refractivity contribution is -0.123. The summed E-state index contributed by atoms with van der Waals surface area (Å²) in [5, 5.41) is 5.57. The number of nitrogens with one attached hydrogen (secondary N) is 2. The molecule has 1 heterocycles. The van der Waals surface area contributed by atoms with Crippen LogP contribution in [0.1, 0.15) is 40.5 Å². The Balaban J connectivity index is 2.40. The fourth-order valence-electron chi connectivity index (χ4n) is 2.16. The minimum atomic E-state index is -0.490. The maximum absolute atomic E-state index is 11.6. The van der Waals surface area contributed by atoms with Gasteiger partial charge in [-0.1, -0.05) is 13.3 Å². The van der Waals surface area contributed by atoms with Crippen molar-refractivity contribution in [2.75, 3.05) is 13.1 Å². The Morgan fingerprint density at radius 1 is 1.56 bits per heavy atom. The molecule has 2 amide bonds. The van der Waals surface area contributed by atoms with Gasteiger partial charge in [0.05, 0.1) is 0 Å². The van der Waals surface area contributed by atoms with Gasteiger partial charge in [-0.3, -0.25) is 4.79 Å². The van der Waals surface area contributed by atoms with E-state index in [1.807, 2.05) is 27.7 Å². The average molecular weight is 256 g/mol. The molecule has 104 valence electrons. The normalized spacial score (nSPS) is 21.3. The zero-order valence-electron chi connectivity index (χ0n) is 11.7. The van der Waals surface area contributed by atoms with Crippen molar-refractivity contribution in [2.24, 2.45) is 11.8 Å². The molecule has 1 saturated heterocycles. The Hall–Kier alpha value is -1.26. The van der Waals surface area contributed by atoms with Gasteiger partial charge in [-0.2, -0.15) is 0 Å². The summed E-state index contributed by atoms with van der Waals surface area (Å²) in [6, 6.07) is 0. The van der Waals surface area contributed by atoms with Crippen LogP contribution in [0.25, 0.3) is 0 Å². The molecule has 0 aromatic rings. The molecule has 0 unspecified atom stereocenters. The van der Waals surface area contributed by atoms with E-state index in [0.29, 0.717) is 6.54 Å². The Kier molecular flexibility index (Phi) is 4.99. The van der Waals surface area contributed by atoms with Crippen molar-refractivity contribution in [3.8, 4) is 0 Å². The standard InChI is InChI=1S/C13H24N2O3/c1-5-9(10-6-7-14-11(10)16)8-15-12(17)18-13(2,3)4/h9-10H,5-8H2,1-4H3,(H,14,16)(H,15,17)/t9-,10-/m1/s1. The Morgan fingerprint density at radius 2 is 2.22 bits per heavy atom. The van der Waals surface area contributed by atoms with Gasteiger partial charge in [0.1, 0.15) is 5.60 Å². The average Bonchev–Trinajstić information content (AvgIpc) is 2.63. The molecule has 5 heteroatoms. The van der Waals surface area contributed by atoms with Gasteiger partial charge in [0.2, 0.25) is 5.91 Å². The maximum atomic E-state index is 11.6. The molecule has 1 aliphatic heterocycles. The molecule has 2 N–H and O–H groups in total. The van der Waals surface area contributed by atoms with Crippen LogP contribution < -0.4 is 10.6 Å². The van der Waals surface area contributed by atoms with E-state index in [2.05, 4.69) is 10.6 Å². The van der Waals surface area contributed by atoms with Crippen LogP contribution in [0.15, 0.2) is 0 Å². The first-order chi connectivity index (χ1) is 8.33. The lowest BCUT2D eigenvalue weighted by atomic mass is 9.89. The van der Waals surface area contributed by atoms with Gasteiger partial charge in [-0.25, -0.2) is 4.79 Å². The van der Waals surface area contributed by atoms with Crippen molar-refractivity contribution in [3.05, 3.63) is 0 Å². The zero-order chi connectivity index (χ0) is 13.8. The largest absolute Gasteiger partial charge is 0.444 e. The number of alkyl carbamates (subject to hydrolysis) is 1. The summed E-state index contributed by atoms with van der Waals surface area (Å²) in [4.78, 5) is 23.1. The smallest absolute Gasteiger partial charge is 0.407 e.